The fourth-order valence-corrected chi connectivity index (χ4v) is 5.02. The third-order valence-electron chi connectivity index (χ3n) is 7.30. The van der Waals surface area contributed by atoms with E-state index in [1.54, 1.807) is 44.6 Å². The molecule has 1 atom stereocenters. The summed E-state index contributed by atoms with van der Waals surface area (Å²) in [5, 5.41) is 11.7. The van der Waals surface area contributed by atoms with Crippen molar-refractivity contribution in [1.82, 2.24) is 0 Å². The molecule has 3 aromatic carbocycles. The number of carbonyl (C=O) groups excluding carboxylic acids is 2. The first kappa shape index (κ1) is 28.7. The number of aryl methyl sites for hydroxylation is 2. The topological polar surface area (TPSA) is 85.3 Å². The predicted molar refractivity (Wildman–Crippen MR) is 157 cm³/mol. The zero-order valence-corrected chi connectivity index (χ0v) is 24.4. The molecule has 1 aliphatic heterocycles. The summed E-state index contributed by atoms with van der Waals surface area (Å²) in [6.07, 6.45) is 0. The van der Waals surface area contributed by atoms with Crippen LogP contribution in [0.4, 0.5) is 5.69 Å². The van der Waals surface area contributed by atoms with Crippen molar-refractivity contribution in [3.05, 3.63) is 88.0 Å². The quantitative estimate of drug-likeness (QED) is 0.204. The van der Waals surface area contributed by atoms with Gasteiger partial charge in [0, 0.05) is 16.8 Å². The molecule has 1 N–H and O–H groups in total. The number of aliphatic hydroxyl groups is 1. The van der Waals surface area contributed by atoms with Gasteiger partial charge < -0.3 is 19.3 Å². The van der Waals surface area contributed by atoms with E-state index in [2.05, 4.69) is 0 Å². The van der Waals surface area contributed by atoms with Crippen molar-refractivity contribution in [3.8, 4) is 17.2 Å². The van der Waals surface area contributed by atoms with Gasteiger partial charge in [-0.05, 0) is 85.3 Å². The highest BCUT2D eigenvalue weighted by molar-refractivity contribution is 6.51. The van der Waals surface area contributed by atoms with Crippen LogP contribution in [0.1, 0.15) is 61.6 Å². The molecule has 0 spiro atoms. The number of ether oxygens (including phenoxy) is 3. The molecular weight excluding hydrogens is 506 g/mol. The summed E-state index contributed by atoms with van der Waals surface area (Å²) in [6, 6.07) is 15.3. The second-order valence-electron chi connectivity index (χ2n) is 10.9. The number of Topliss-reactive ketones (excluding diaryl/α,β-unsaturated/α-hetero) is 1. The van der Waals surface area contributed by atoms with Gasteiger partial charge in [-0.3, -0.25) is 14.5 Å². The highest BCUT2D eigenvalue weighted by Gasteiger charge is 2.47. The van der Waals surface area contributed by atoms with Gasteiger partial charge >= 0.3 is 0 Å². The average molecular weight is 544 g/mol. The van der Waals surface area contributed by atoms with Gasteiger partial charge in [0.1, 0.15) is 11.5 Å². The molecule has 1 saturated heterocycles. The Morgan fingerprint density at radius 2 is 1.55 bits per heavy atom. The minimum absolute atomic E-state index is 0.000805. The smallest absolute Gasteiger partial charge is 0.300 e. The standard InChI is InChI=1S/C33H37NO6/c1-9-40-27-18-21(11-15-26(27)39-8)29-28(30(35)22-12-14-25(38-7)24(17-22)33(4,5)6)31(36)32(37)34(29)23-13-10-19(2)20(3)16-23/h10-18,29,35H,9H2,1-8H3/b30-28+. The van der Waals surface area contributed by atoms with E-state index in [0.717, 1.165) is 16.7 Å². The number of rotatable bonds is 7. The lowest BCUT2D eigenvalue weighted by Crippen LogP contribution is -2.29. The van der Waals surface area contributed by atoms with Gasteiger partial charge in [-0.25, -0.2) is 0 Å². The van der Waals surface area contributed by atoms with E-state index in [-0.39, 0.29) is 16.7 Å². The Bertz CT molecular complexity index is 1500. The Hall–Kier alpha value is -4.26. The molecule has 0 saturated carbocycles. The number of aliphatic hydroxyl groups excluding tert-OH is 1. The lowest BCUT2D eigenvalue weighted by Gasteiger charge is -2.27. The number of hydrogen-bond donors (Lipinski definition) is 1. The molecule has 7 nitrogen and oxygen atoms in total. The lowest BCUT2D eigenvalue weighted by atomic mass is 9.84. The molecule has 4 rings (SSSR count). The van der Waals surface area contributed by atoms with Crippen molar-refractivity contribution in [2.24, 2.45) is 0 Å². The molecule has 210 valence electrons. The molecule has 1 heterocycles. The van der Waals surface area contributed by atoms with Crippen LogP contribution in [0.5, 0.6) is 17.2 Å². The third-order valence-corrected chi connectivity index (χ3v) is 7.30. The fourth-order valence-electron chi connectivity index (χ4n) is 5.02. The SMILES string of the molecule is CCOc1cc(C2/C(=C(\O)c3ccc(OC)c(C(C)(C)C)c3)C(=O)C(=O)N2c2ccc(C)c(C)c2)ccc1OC. The zero-order chi connectivity index (χ0) is 29.4. The van der Waals surface area contributed by atoms with Crippen LogP contribution in [0.2, 0.25) is 0 Å². The zero-order valence-electron chi connectivity index (χ0n) is 24.4. The molecule has 3 aromatic rings. The number of anilines is 1. The Morgan fingerprint density at radius 3 is 2.15 bits per heavy atom. The third kappa shape index (κ3) is 5.16. The normalized spacial score (nSPS) is 16.8. The highest BCUT2D eigenvalue weighted by atomic mass is 16.5. The van der Waals surface area contributed by atoms with E-state index in [4.69, 9.17) is 14.2 Å². The number of benzene rings is 3. The van der Waals surface area contributed by atoms with Gasteiger partial charge in [-0.15, -0.1) is 0 Å². The van der Waals surface area contributed by atoms with E-state index in [0.29, 0.717) is 40.7 Å². The summed E-state index contributed by atoms with van der Waals surface area (Å²) < 4.78 is 16.8. The van der Waals surface area contributed by atoms with Crippen LogP contribution in [-0.4, -0.2) is 37.6 Å². The number of carbonyl (C=O) groups is 2. The predicted octanol–water partition coefficient (Wildman–Crippen LogP) is 6.64. The summed E-state index contributed by atoms with van der Waals surface area (Å²) in [5.74, 6) is -0.0496. The molecule has 40 heavy (non-hydrogen) atoms. The minimum atomic E-state index is -0.896. The van der Waals surface area contributed by atoms with E-state index in [1.165, 1.54) is 4.90 Å². The molecular formula is C33H37NO6. The Labute approximate surface area is 236 Å². The van der Waals surface area contributed by atoms with Crippen LogP contribution in [0, 0.1) is 13.8 Å². The second kappa shape index (κ2) is 11.1. The van der Waals surface area contributed by atoms with Crippen molar-refractivity contribution in [1.29, 1.82) is 0 Å². The summed E-state index contributed by atoms with van der Waals surface area (Å²) in [4.78, 5) is 28.8. The summed E-state index contributed by atoms with van der Waals surface area (Å²) in [5.41, 5.74) is 4.20. The van der Waals surface area contributed by atoms with Gasteiger partial charge in [-0.2, -0.15) is 0 Å². The maximum Gasteiger partial charge on any atom is 0.300 e. The summed E-state index contributed by atoms with van der Waals surface area (Å²) in [7, 11) is 3.15. The highest BCUT2D eigenvalue weighted by Crippen LogP contribution is 2.45. The number of amides is 1. The van der Waals surface area contributed by atoms with Crippen molar-refractivity contribution in [3.63, 3.8) is 0 Å². The first-order valence-electron chi connectivity index (χ1n) is 13.3. The Balaban J connectivity index is 2.00. The summed E-state index contributed by atoms with van der Waals surface area (Å²) in [6.45, 7) is 12.3. The fraction of sp³-hybridized carbons (Fsp3) is 0.333. The second-order valence-corrected chi connectivity index (χ2v) is 10.9. The monoisotopic (exact) mass is 543 g/mol. The van der Waals surface area contributed by atoms with Crippen LogP contribution < -0.4 is 19.1 Å². The molecule has 1 unspecified atom stereocenters. The van der Waals surface area contributed by atoms with E-state index in [9.17, 15) is 14.7 Å². The number of ketones is 1. The van der Waals surface area contributed by atoms with Crippen LogP contribution >= 0.6 is 0 Å². The molecule has 0 radical (unpaired) electrons. The molecule has 1 fully saturated rings. The number of methoxy groups -OCH3 is 2. The van der Waals surface area contributed by atoms with Crippen LogP contribution in [0.15, 0.2) is 60.2 Å². The van der Waals surface area contributed by atoms with Crippen molar-refractivity contribution in [2.45, 2.75) is 53.0 Å². The lowest BCUT2D eigenvalue weighted by molar-refractivity contribution is -0.132. The summed E-state index contributed by atoms with van der Waals surface area (Å²) >= 11 is 0. The minimum Gasteiger partial charge on any atom is -0.507 e. The van der Waals surface area contributed by atoms with Crippen molar-refractivity contribution >= 4 is 23.1 Å². The Morgan fingerprint density at radius 1 is 0.875 bits per heavy atom. The van der Waals surface area contributed by atoms with Crippen molar-refractivity contribution < 1.29 is 28.9 Å². The Kier molecular flexibility index (Phi) is 7.96. The molecule has 1 aliphatic rings. The van der Waals surface area contributed by atoms with Gasteiger partial charge in [0.15, 0.2) is 11.5 Å². The van der Waals surface area contributed by atoms with Crippen LogP contribution in [-0.2, 0) is 15.0 Å². The average Bonchev–Trinajstić information content (AvgIpc) is 3.19. The maximum atomic E-state index is 13.7. The van der Waals surface area contributed by atoms with Crippen molar-refractivity contribution in [2.75, 3.05) is 25.7 Å². The van der Waals surface area contributed by atoms with Gasteiger partial charge in [0.25, 0.3) is 11.7 Å². The van der Waals surface area contributed by atoms with E-state index >= 15 is 0 Å². The molecule has 1 amide bonds. The molecule has 0 aliphatic carbocycles. The van der Waals surface area contributed by atoms with Gasteiger partial charge in [0.2, 0.25) is 0 Å². The maximum absolute atomic E-state index is 13.7. The molecule has 0 bridgehead atoms. The largest absolute Gasteiger partial charge is 0.507 e. The van der Waals surface area contributed by atoms with Crippen LogP contribution in [0.3, 0.4) is 0 Å². The molecule has 7 heteroatoms. The number of nitrogens with zero attached hydrogens (tertiary/aromatic N) is 1. The van der Waals surface area contributed by atoms with Gasteiger partial charge in [0.05, 0.1) is 32.4 Å². The van der Waals surface area contributed by atoms with Crippen LogP contribution in [0.25, 0.3) is 5.76 Å². The number of hydrogen-bond acceptors (Lipinski definition) is 6. The van der Waals surface area contributed by atoms with E-state index in [1.807, 2.05) is 65.8 Å². The first-order chi connectivity index (χ1) is 18.9. The van der Waals surface area contributed by atoms with E-state index < -0.39 is 17.7 Å². The van der Waals surface area contributed by atoms with Gasteiger partial charge in [-0.1, -0.05) is 32.9 Å². The molecule has 0 aromatic heterocycles. The first-order valence-corrected chi connectivity index (χ1v) is 13.3.